The lowest BCUT2D eigenvalue weighted by Gasteiger charge is -2.21. The van der Waals surface area contributed by atoms with Crippen molar-refractivity contribution in [2.24, 2.45) is 0 Å². The highest BCUT2D eigenvalue weighted by atomic mass is 35.7. The van der Waals surface area contributed by atoms with Crippen LogP contribution in [0.4, 0.5) is 19.4 Å². The highest BCUT2D eigenvalue weighted by Gasteiger charge is 2.60. The molecule has 18 heteroatoms. The molecule has 14 nitrogen and oxygen atoms in total. The topological polar surface area (TPSA) is 170 Å². The van der Waals surface area contributed by atoms with Gasteiger partial charge < -0.3 is 33.0 Å². The van der Waals surface area contributed by atoms with Crippen molar-refractivity contribution >= 4 is 41.1 Å². The zero-order valence-corrected chi connectivity index (χ0v) is 25.1. The molecule has 4 aromatic rings. The van der Waals surface area contributed by atoms with Gasteiger partial charge in [0, 0.05) is 28.9 Å². The average molecular weight is 672 g/mol. The van der Waals surface area contributed by atoms with E-state index in [0.717, 1.165) is 12.3 Å². The van der Waals surface area contributed by atoms with Gasteiger partial charge in [0.1, 0.15) is 29.2 Å². The molecule has 1 aliphatic heterocycles. The second-order valence-electron chi connectivity index (χ2n) is 9.44. The van der Waals surface area contributed by atoms with Crippen molar-refractivity contribution in [2.75, 3.05) is 26.1 Å². The van der Waals surface area contributed by atoms with Gasteiger partial charge in [0.15, 0.2) is 24.0 Å². The van der Waals surface area contributed by atoms with Crippen molar-refractivity contribution in [3.63, 3.8) is 0 Å². The number of anilines is 1. The Labute approximate surface area is 257 Å². The van der Waals surface area contributed by atoms with Crippen molar-refractivity contribution in [2.45, 2.75) is 31.0 Å². The molecule has 3 heterocycles. The van der Waals surface area contributed by atoms with Gasteiger partial charge in [-0.3, -0.25) is 14.4 Å². The van der Waals surface area contributed by atoms with Crippen molar-refractivity contribution in [3.8, 4) is 17.2 Å². The van der Waals surface area contributed by atoms with Crippen LogP contribution in [0.1, 0.15) is 12.0 Å². The van der Waals surface area contributed by atoms with Crippen molar-refractivity contribution in [1.29, 1.82) is 0 Å². The first-order valence-corrected chi connectivity index (χ1v) is 15.4. The Morgan fingerprint density at radius 1 is 1.16 bits per heavy atom. The maximum atomic E-state index is 15.0. The number of hydrogen-bond donors (Lipinski definition) is 2. The molecule has 0 spiro atoms. The summed E-state index contributed by atoms with van der Waals surface area (Å²) in [6.07, 6.45) is -6.70. The summed E-state index contributed by atoms with van der Waals surface area (Å²) in [4.78, 5) is 28.5. The fourth-order valence-corrected chi connectivity index (χ4v) is 5.49. The normalized spacial score (nSPS) is 20.4. The smallest absolute Gasteiger partial charge is 0.476 e. The number of carbonyl (C=O) groups excluding carboxylic acids is 1. The average Bonchev–Trinajstić information content (AvgIpc) is 3.52. The van der Waals surface area contributed by atoms with Crippen molar-refractivity contribution in [1.82, 2.24) is 9.55 Å². The third-order valence-corrected chi connectivity index (χ3v) is 7.84. The molecule has 4 atom stereocenters. The molecule has 0 bridgehead atoms. The van der Waals surface area contributed by atoms with Crippen LogP contribution >= 0.6 is 18.2 Å². The number of methoxy groups -OCH3 is 2. The first-order chi connectivity index (χ1) is 21.4. The van der Waals surface area contributed by atoms with Gasteiger partial charge in [-0.25, -0.2) is 14.2 Å². The molecule has 1 unspecified atom stereocenters. The number of rotatable bonds is 11. The minimum atomic E-state index is -4.31. The zero-order chi connectivity index (χ0) is 32.4. The second-order valence-corrected chi connectivity index (χ2v) is 12.0. The number of amides is 1. The lowest BCUT2D eigenvalue weighted by molar-refractivity contribution is -0.140. The molecular weight excluding hydrogens is 647 g/mol. The van der Waals surface area contributed by atoms with E-state index in [4.69, 9.17) is 43.7 Å². The molecule has 0 radical (unpaired) electrons. The third kappa shape index (κ3) is 7.21. The minimum absolute atomic E-state index is 0.0957. The van der Waals surface area contributed by atoms with Crippen LogP contribution in [0.3, 0.4) is 0 Å². The van der Waals surface area contributed by atoms with Crippen LogP contribution in [-0.4, -0.2) is 59.7 Å². The highest BCUT2D eigenvalue weighted by molar-refractivity contribution is 7.81. The molecule has 240 valence electrons. The summed E-state index contributed by atoms with van der Waals surface area (Å²) in [6.45, 7) is -5.48. The molecule has 5 rings (SSSR count). The molecule has 2 aromatic heterocycles. The molecule has 0 saturated carbocycles. The highest BCUT2D eigenvalue weighted by Crippen LogP contribution is 2.54. The van der Waals surface area contributed by atoms with Crippen LogP contribution in [0.2, 0.25) is 0 Å². The molecule has 45 heavy (non-hydrogen) atoms. The van der Waals surface area contributed by atoms with Crippen molar-refractivity contribution < 1.29 is 55.7 Å². The van der Waals surface area contributed by atoms with Gasteiger partial charge in [-0.05, 0) is 30.3 Å². The number of nitrogens with one attached hydrogen (secondary N) is 1. The quantitative estimate of drug-likeness (QED) is 0.203. The number of carbonyl (C=O) groups is 1. The van der Waals surface area contributed by atoms with Crippen LogP contribution < -0.4 is 25.0 Å². The van der Waals surface area contributed by atoms with Gasteiger partial charge >= 0.3 is 24.7 Å². The molecule has 1 saturated heterocycles. The summed E-state index contributed by atoms with van der Waals surface area (Å²) in [5.41, 5.74) is -0.843. The number of halogens is 3. The number of furan rings is 1. The zero-order valence-electron chi connectivity index (χ0n) is 23.4. The number of aliphatic hydroxyl groups excluding tert-OH is 1. The first kappa shape index (κ1) is 32.2. The molecule has 0 aliphatic carbocycles. The minimum Gasteiger partial charge on any atom is -0.497 e. The molecule has 1 amide bonds. The number of aromatic nitrogens is 2. The van der Waals surface area contributed by atoms with E-state index in [0.29, 0.717) is 27.0 Å². The molecule has 1 fully saturated rings. The lowest BCUT2D eigenvalue weighted by Crippen LogP contribution is -2.42. The number of ether oxygens (including phenoxy) is 4. The van der Waals surface area contributed by atoms with Gasteiger partial charge in [-0.15, -0.1) is 0 Å². The fourth-order valence-electron chi connectivity index (χ4n) is 4.33. The summed E-state index contributed by atoms with van der Waals surface area (Å²) in [7, 11) is 2.95. The Kier molecular flexibility index (Phi) is 9.32. The maximum Gasteiger partial charge on any atom is 0.476 e. The summed E-state index contributed by atoms with van der Waals surface area (Å²) in [6, 6.07) is 13.7. The third-order valence-electron chi connectivity index (χ3n) is 6.45. The number of hydrogen-bond acceptors (Lipinski definition) is 12. The van der Waals surface area contributed by atoms with E-state index in [-0.39, 0.29) is 23.9 Å². The number of alkyl halides is 2. The first-order valence-electron chi connectivity index (χ1n) is 13.0. The summed E-state index contributed by atoms with van der Waals surface area (Å²) in [5.74, 6) is -3.03. The van der Waals surface area contributed by atoms with Gasteiger partial charge in [0.2, 0.25) is 6.23 Å². The van der Waals surface area contributed by atoms with Crippen LogP contribution in [0.25, 0.3) is 11.0 Å². The standard InChI is InChI=1S/C27H25ClF2N3O11P/c1-38-17-10-15-11-18(42-22(15)19(12-17)39-2)13-40-26(36)32-21-8-9-33(25(35)31-21)24-27(29,30)23(34)20(43-24)14-41-45(28,37)44-16-6-4-3-5-7-16/h3-12,20,23-24,34H,13-14H2,1-2H3,(H,31,32,35,36)/t20-,23-,24-,45?/m1/s1. The summed E-state index contributed by atoms with van der Waals surface area (Å²) < 4.78 is 79.2. The SMILES string of the molecule is COc1cc(OC)c2oc(COC(=O)Nc3ccn([C@@H]4O[C@H](COP(=O)(Cl)Oc5ccccc5)[C@@H](O)C4(F)F)c(=O)n3)cc2c1. The summed E-state index contributed by atoms with van der Waals surface area (Å²) in [5, 5.41) is 13.0. The van der Waals surface area contributed by atoms with E-state index in [1.807, 2.05) is 0 Å². The Morgan fingerprint density at radius 2 is 1.91 bits per heavy atom. The number of para-hydroxylation sites is 1. The largest absolute Gasteiger partial charge is 0.497 e. The van der Waals surface area contributed by atoms with E-state index < -0.39 is 49.7 Å². The van der Waals surface area contributed by atoms with Gasteiger partial charge in [-0.2, -0.15) is 13.8 Å². The number of fused-ring (bicyclic) bond motifs is 1. The van der Waals surface area contributed by atoms with Crippen LogP contribution in [0.5, 0.6) is 17.2 Å². The van der Waals surface area contributed by atoms with Crippen LogP contribution in [0, 0.1) is 0 Å². The van der Waals surface area contributed by atoms with Crippen molar-refractivity contribution in [3.05, 3.63) is 77.0 Å². The van der Waals surface area contributed by atoms with Crippen LogP contribution in [-0.2, 0) is 25.2 Å². The van der Waals surface area contributed by atoms with E-state index in [1.165, 1.54) is 26.4 Å². The Hall–Kier alpha value is -4.21. The molecular formula is C27H25ClF2N3O11P. The van der Waals surface area contributed by atoms with Gasteiger partial charge in [0.05, 0.1) is 20.8 Å². The van der Waals surface area contributed by atoms with E-state index in [1.54, 1.807) is 36.4 Å². The number of benzene rings is 2. The van der Waals surface area contributed by atoms with Crippen LogP contribution in [0.15, 0.2) is 70.0 Å². The molecule has 1 aliphatic rings. The van der Waals surface area contributed by atoms with E-state index in [9.17, 15) is 28.0 Å². The monoisotopic (exact) mass is 671 g/mol. The second kappa shape index (κ2) is 13.0. The van der Waals surface area contributed by atoms with E-state index >= 15 is 0 Å². The lowest BCUT2D eigenvalue weighted by atomic mass is 10.1. The molecule has 2 aromatic carbocycles. The fraction of sp³-hybridized carbons (Fsp3) is 0.296. The van der Waals surface area contributed by atoms with E-state index in [2.05, 4.69) is 10.3 Å². The Morgan fingerprint density at radius 3 is 2.60 bits per heavy atom. The maximum absolute atomic E-state index is 15.0. The summed E-state index contributed by atoms with van der Waals surface area (Å²) >= 11 is 5.77. The predicted molar refractivity (Wildman–Crippen MR) is 153 cm³/mol. The number of aliphatic hydroxyl groups is 1. The van der Waals surface area contributed by atoms with Gasteiger partial charge in [-0.1, -0.05) is 18.2 Å². The predicted octanol–water partition coefficient (Wildman–Crippen LogP) is 5.09. The van der Waals surface area contributed by atoms with Gasteiger partial charge in [0.25, 0.3) is 0 Å². The number of nitrogens with zero attached hydrogens (tertiary/aromatic N) is 2. The Bertz CT molecular complexity index is 1790. The Balaban J connectivity index is 1.20. The molecule has 2 N–H and O–H groups in total.